The van der Waals surface area contributed by atoms with Crippen molar-refractivity contribution < 1.29 is 0 Å². The SMILES string of the molecule is CCC1CC(N(Cc2ccccc2)Cc2ccccc2)CC1C. The normalized spacial score (nSPS) is 24.2. The van der Waals surface area contributed by atoms with Crippen LogP contribution in [0.5, 0.6) is 0 Å². The van der Waals surface area contributed by atoms with Crippen LogP contribution in [0.4, 0.5) is 0 Å². The molecule has 0 aromatic heterocycles. The van der Waals surface area contributed by atoms with Crippen LogP contribution in [0.1, 0.15) is 44.2 Å². The van der Waals surface area contributed by atoms with Crippen LogP contribution >= 0.6 is 0 Å². The van der Waals surface area contributed by atoms with Crippen LogP contribution in [-0.2, 0) is 13.1 Å². The first-order valence-corrected chi connectivity index (χ1v) is 9.08. The van der Waals surface area contributed by atoms with Gasteiger partial charge in [-0.2, -0.15) is 0 Å². The lowest BCUT2D eigenvalue weighted by molar-refractivity contribution is 0.175. The molecule has 0 aliphatic heterocycles. The number of benzene rings is 2. The van der Waals surface area contributed by atoms with Crippen LogP contribution in [0.25, 0.3) is 0 Å². The molecule has 0 heterocycles. The van der Waals surface area contributed by atoms with Crippen LogP contribution in [0.2, 0.25) is 0 Å². The van der Waals surface area contributed by atoms with Gasteiger partial charge in [0.15, 0.2) is 0 Å². The molecule has 122 valence electrons. The zero-order chi connectivity index (χ0) is 16.1. The van der Waals surface area contributed by atoms with E-state index < -0.39 is 0 Å². The zero-order valence-corrected chi connectivity index (χ0v) is 14.5. The Labute approximate surface area is 141 Å². The molecule has 1 fully saturated rings. The molecular weight excluding hydrogens is 278 g/mol. The van der Waals surface area contributed by atoms with E-state index in [1.807, 2.05) is 0 Å². The lowest BCUT2D eigenvalue weighted by atomic mass is 9.96. The molecule has 23 heavy (non-hydrogen) atoms. The fourth-order valence-corrected chi connectivity index (χ4v) is 4.12. The molecule has 3 unspecified atom stereocenters. The molecule has 1 saturated carbocycles. The summed E-state index contributed by atoms with van der Waals surface area (Å²) in [6.07, 6.45) is 4.03. The van der Waals surface area contributed by atoms with Crippen LogP contribution in [-0.4, -0.2) is 10.9 Å². The first-order chi connectivity index (χ1) is 11.3. The highest BCUT2D eigenvalue weighted by Gasteiger charge is 2.33. The van der Waals surface area contributed by atoms with E-state index in [0.717, 1.165) is 31.0 Å². The molecule has 0 bridgehead atoms. The summed E-state index contributed by atoms with van der Waals surface area (Å²) >= 11 is 0. The largest absolute Gasteiger partial charge is 0.292 e. The summed E-state index contributed by atoms with van der Waals surface area (Å²) < 4.78 is 0. The lowest BCUT2D eigenvalue weighted by Crippen LogP contribution is -2.32. The minimum absolute atomic E-state index is 0.718. The molecule has 1 aliphatic rings. The maximum absolute atomic E-state index is 2.71. The van der Waals surface area contributed by atoms with Crippen molar-refractivity contribution >= 4 is 0 Å². The molecule has 0 amide bonds. The third-order valence-corrected chi connectivity index (χ3v) is 5.52. The Bertz CT molecular complexity index is 536. The average molecular weight is 307 g/mol. The van der Waals surface area contributed by atoms with Gasteiger partial charge in [0.2, 0.25) is 0 Å². The van der Waals surface area contributed by atoms with Crippen LogP contribution in [0, 0.1) is 11.8 Å². The summed E-state index contributed by atoms with van der Waals surface area (Å²) in [5.74, 6) is 1.76. The first-order valence-electron chi connectivity index (χ1n) is 9.08. The molecule has 0 N–H and O–H groups in total. The second-order valence-corrected chi connectivity index (χ2v) is 7.15. The summed E-state index contributed by atoms with van der Waals surface area (Å²) in [7, 11) is 0. The third kappa shape index (κ3) is 4.23. The molecule has 3 rings (SSSR count). The van der Waals surface area contributed by atoms with E-state index in [1.165, 1.54) is 30.4 Å². The first kappa shape index (κ1) is 16.3. The van der Waals surface area contributed by atoms with Gasteiger partial charge in [-0.3, -0.25) is 4.90 Å². The molecule has 3 atom stereocenters. The topological polar surface area (TPSA) is 3.24 Å². The Morgan fingerprint density at radius 2 is 1.35 bits per heavy atom. The van der Waals surface area contributed by atoms with Crippen molar-refractivity contribution in [2.45, 2.75) is 52.2 Å². The van der Waals surface area contributed by atoms with Gasteiger partial charge in [0.25, 0.3) is 0 Å². The van der Waals surface area contributed by atoms with E-state index in [4.69, 9.17) is 0 Å². The predicted molar refractivity (Wildman–Crippen MR) is 98.1 cm³/mol. The number of nitrogens with zero attached hydrogens (tertiary/aromatic N) is 1. The number of hydrogen-bond acceptors (Lipinski definition) is 1. The van der Waals surface area contributed by atoms with Gasteiger partial charge in [-0.1, -0.05) is 80.9 Å². The fourth-order valence-electron chi connectivity index (χ4n) is 4.12. The van der Waals surface area contributed by atoms with E-state index in [1.54, 1.807) is 0 Å². The van der Waals surface area contributed by atoms with E-state index >= 15 is 0 Å². The molecule has 1 aliphatic carbocycles. The number of hydrogen-bond donors (Lipinski definition) is 0. The minimum atomic E-state index is 0.718. The summed E-state index contributed by atoms with van der Waals surface area (Å²) in [5.41, 5.74) is 2.85. The average Bonchev–Trinajstić information content (AvgIpc) is 2.97. The van der Waals surface area contributed by atoms with Crippen molar-refractivity contribution in [1.29, 1.82) is 0 Å². The summed E-state index contributed by atoms with van der Waals surface area (Å²) in [6, 6.07) is 22.6. The zero-order valence-electron chi connectivity index (χ0n) is 14.5. The molecule has 0 saturated heterocycles. The second-order valence-electron chi connectivity index (χ2n) is 7.15. The van der Waals surface area contributed by atoms with E-state index in [2.05, 4.69) is 79.4 Å². The Morgan fingerprint density at radius 1 is 0.826 bits per heavy atom. The van der Waals surface area contributed by atoms with Gasteiger partial charge in [0.1, 0.15) is 0 Å². The summed E-state index contributed by atoms with van der Waals surface area (Å²) in [4.78, 5) is 2.71. The smallest absolute Gasteiger partial charge is 0.0240 e. The summed E-state index contributed by atoms with van der Waals surface area (Å²) in [6.45, 7) is 6.91. The van der Waals surface area contributed by atoms with Crippen LogP contribution in [0.3, 0.4) is 0 Å². The van der Waals surface area contributed by atoms with Crippen molar-refractivity contribution in [3.63, 3.8) is 0 Å². The molecule has 2 aromatic rings. The van der Waals surface area contributed by atoms with E-state index in [0.29, 0.717) is 0 Å². The van der Waals surface area contributed by atoms with Gasteiger partial charge in [-0.25, -0.2) is 0 Å². The Hall–Kier alpha value is -1.60. The van der Waals surface area contributed by atoms with Gasteiger partial charge in [0.05, 0.1) is 0 Å². The Morgan fingerprint density at radius 3 is 1.78 bits per heavy atom. The van der Waals surface area contributed by atoms with E-state index in [9.17, 15) is 0 Å². The molecule has 1 heteroatoms. The third-order valence-electron chi connectivity index (χ3n) is 5.52. The quantitative estimate of drug-likeness (QED) is 0.680. The Kier molecular flexibility index (Phi) is 5.51. The minimum Gasteiger partial charge on any atom is -0.292 e. The predicted octanol–water partition coefficient (Wildman–Crippen LogP) is 5.51. The van der Waals surface area contributed by atoms with Gasteiger partial charge < -0.3 is 0 Å². The fraction of sp³-hybridized carbons (Fsp3) is 0.455. The van der Waals surface area contributed by atoms with Gasteiger partial charge in [-0.15, -0.1) is 0 Å². The van der Waals surface area contributed by atoms with Crippen LogP contribution < -0.4 is 0 Å². The van der Waals surface area contributed by atoms with Crippen molar-refractivity contribution in [2.75, 3.05) is 0 Å². The number of rotatable bonds is 6. The monoisotopic (exact) mass is 307 g/mol. The van der Waals surface area contributed by atoms with Gasteiger partial charge in [0, 0.05) is 19.1 Å². The highest BCUT2D eigenvalue weighted by Crippen LogP contribution is 2.37. The lowest BCUT2D eigenvalue weighted by Gasteiger charge is -2.29. The standard InChI is InChI=1S/C22H29N/c1-3-21-15-22(14-18(21)2)23(16-19-10-6-4-7-11-19)17-20-12-8-5-9-13-20/h4-13,18,21-22H,3,14-17H2,1-2H3. The maximum Gasteiger partial charge on any atom is 0.0240 e. The highest BCUT2D eigenvalue weighted by molar-refractivity contribution is 5.17. The molecule has 2 aromatic carbocycles. The van der Waals surface area contributed by atoms with Gasteiger partial charge in [-0.05, 0) is 35.8 Å². The van der Waals surface area contributed by atoms with Crippen LogP contribution in [0.15, 0.2) is 60.7 Å². The maximum atomic E-state index is 2.71. The van der Waals surface area contributed by atoms with Gasteiger partial charge >= 0.3 is 0 Å². The summed E-state index contributed by atoms with van der Waals surface area (Å²) in [5, 5.41) is 0. The highest BCUT2D eigenvalue weighted by atomic mass is 15.2. The van der Waals surface area contributed by atoms with Crippen molar-refractivity contribution in [3.05, 3.63) is 71.8 Å². The molecule has 0 radical (unpaired) electrons. The molecular formula is C22H29N. The molecule has 0 spiro atoms. The van der Waals surface area contributed by atoms with Crippen molar-refractivity contribution in [3.8, 4) is 0 Å². The van der Waals surface area contributed by atoms with Crippen molar-refractivity contribution in [2.24, 2.45) is 11.8 Å². The van der Waals surface area contributed by atoms with E-state index in [-0.39, 0.29) is 0 Å². The Balaban J connectivity index is 1.76. The van der Waals surface area contributed by atoms with Crippen molar-refractivity contribution in [1.82, 2.24) is 4.90 Å². The second kappa shape index (κ2) is 7.79. The molecule has 1 nitrogen and oxygen atoms in total.